The highest BCUT2D eigenvalue weighted by Crippen LogP contribution is 2.21. The standard InChI is InChI=1S/C9H12O4/c1-2-13-9(12)6-3-7(10)5-8(11)4-6/h5-6,10H,2-4H2,1H3/t6-/m0/s1. The van der Waals surface area contributed by atoms with Crippen LogP contribution in [0, 0.1) is 5.92 Å². The second kappa shape index (κ2) is 4.07. The number of hydrogen-bond acceptors (Lipinski definition) is 4. The van der Waals surface area contributed by atoms with Crippen LogP contribution in [-0.4, -0.2) is 23.5 Å². The summed E-state index contributed by atoms with van der Waals surface area (Å²) in [5.74, 6) is -1.16. The average molecular weight is 184 g/mol. The third-order valence-corrected chi connectivity index (χ3v) is 1.85. The van der Waals surface area contributed by atoms with Crippen LogP contribution >= 0.6 is 0 Å². The first-order valence-corrected chi connectivity index (χ1v) is 4.22. The quantitative estimate of drug-likeness (QED) is 0.649. The fourth-order valence-corrected chi connectivity index (χ4v) is 1.30. The van der Waals surface area contributed by atoms with Gasteiger partial charge in [-0.15, -0.1) is 0 Å². The number of rotatable bonds is 2. The van der Waals surface area contributed by atoms with E-state index >= 15 is 0 Å². The van der Waals surface area contributed by atoms with Crippen LogP contribution in [0.3, 0.4) is 0 Å². The number of allylic oxidation sites excluding steroid dienone is 2. The Kier molecular flexibility index (Phi) is 3.06. The third kappa shape index (κ3) is 2.57. The van der Waals surface area contributed by atoms with Crippen molar-refractivity contribution in [2.75, 3.05) is 6.61 Å². The second-order valence-corrected chi connectivity index (χ2v) is 2.96. The SMILES string of the molecule is CCOC(=O)[C@@H]1CC(=O)C=C(O)C1. The number of carbonyl (C=O) groups excluding carboxylic acids is 2. The normalized spacial score (nSPS) is 22.4. The number of aliphatic hydroxyl groups excluding tert-OH is 1. The molecule has 13 heavy (non-hydrogen) atoms. The fourth-order valence-electron chi connectivity index (χ4n) is 1.30. The van der Waals surface area contributed by atoms with Crippen LogP contribution < -0.4 is 0 Å². The summed E-state index contributed by atoms with van der Waals surface area (Å²) in [6.45, 7) is 2.01. The summed E-state index contributed by atoms with van der Waals surface area (Å²) in [6.07, 6.45) is 1.52. The maximum absolute atomic E-state index is 11.2. The molecule has 1 aliphatic carbocycles. The average Bonchev–Trinajstić information content (AvgIpc) is 2.03. The maximum Gasteiger partial charge on any atom is 0.309 e. The molecule has 0 fully saturated rings. The molecule has 0 aliphatic heterocycles. The molecule has 0 unspecified atom stereocenters. The number of esters is 1. The zero-order chi connectivity index (χ0) is 9.84. The van der Waals surface area contributed by atoms with Gasteiger partial charge >= 0.3 is 5.97 Å². The molecular formula is C9H12O4. The molecule has 0 bridgehead atoms. The predicted octanol–water partition coefficient (Wildman–Crippen LogP) is 0.971. The molecule has 72 valence electrons. The Bertz CT molecular complexity index is 254. The van der Waals surface area contributed by atoms with Gasteiger partial charge in [-0.1, -0.05) is 0 Å². The van der Waals surface area contributed by atoms with Crippen molar-refractivity contribution < 1.29 is 19.4 Å². The molecule has 4 heteroatoms. The van der Waals surface area contributed by atoms with Crippen LogP contribution in [0.15, 0.2) is 11.8 Å². The molecule has 0 amide bonds. The lowest BCUT2D eigenvalue weighted by molar-refractivity contribution is -0.149. The summed E-state index contributed by atoms with van der Waals surface area (Å²) < 4.78 is 4.75. The van der Waals surface area contributed by atoms with E-state index in [-0.39, 0.29) is 24.4 Å². The maximum atomic E-state index is 11.2. The van der Waals surface area contributed by atoms with Crippen LogP contribution in [0.25, 0.3) is 0 Å². The van der Waals surface area contributed by atoms with E-state index in [0.29, 0.717) is 6.61 Å². The summed E-state index contributed by atoms with van der Waals surface area (Å²) in [6, 6.07) is 0. The Morgan fingerprint density at radius 1 is 1.69 bits per heavy atom. The molecule has 0 saturated carbocycles. The zero-order valence-electron chi connectivity index (χ0n) is 7.45. The lowest BCUT2D eigenvalue weighted by atomic mass is 9.92. The molecule has 0 saturated heterocycles. The number of ketones is 1. The molecular weight excluding hydrogens is 172 g/mol. The number of hydrogen-bond donors (Lipinski definition) is 1. The first-order chi connectivity index (χ1) is 6.13. The minimum absolute atomic E-state index is 0.0331. The van der Waals surface area contributed by atoms with Gasteiger partial charge in [-0.2, -0.15) is 0 Å². The summed E-state index contributed by atoms with van der Waals surface area (Å²) in [5, 5.41) is 9.10. The second-order valence-electron chi connectivity index (χ2n) is 2.96. The Hall–Kier alpha value is -1.32. The summed E-state index contributed by atoms with van der Waals surface area (Å²) in [7, 11) is 0. The Morgan fingerprint density at radius 2 is 2.38 bits per heavy atom. The smallest absolute Gasteiger partial charge is 0.309 e. The number of aliphatic hydroxyl groups is 1. The molecule has 0 aromatic carbocycles. The summed E-state index contributed by atoms with van der Waals surface area (Å²) >= 11 is 0. The lowest BCUT2D eigenvalue weighted by Crippen LogP contribution is -2.24. The highest BCUT2D eigenvalue weighted by molar-refractivity contribution is 5.94. The van der Waals surface area contributed by atoms with Gasteiger partial charge in [0.25, 0.3) is 0 Å². The van der Waals surface area contributed by atoms with Crippen molar-refractivity contribution in [2.45, 2.75) is 19.8 Å². The highest BCUT2D eigenvalue weighted by atomic mass is 16.5. The topological polar surface area (TPSA) is 63.6 Å². The largest absolute Gasteiger partial charge is 0.512 e. The molecule has 4 nitrogen and oxygen atoms in total. The molecule has 0 heterocycles. The number of ether oxygens (including phenoxy) is 1. The van der Waals surface area contributed by atoms with E-state index in [1.54, 1.807) is 6.92 Å². The van der Waals surface area contributed by atoms with Crippen molar-refractivity contribution in [3.05, 3.63) is 11.8 Å². The van der Waals surface area contributed by atoms with Gasteiger partial charge in [-0.25, -0.2) is 0 Å². The Morgan fingerprint density at radius 3 is 2.92 bits per heavy atom. The zero-order valence-corrected chi connectivity index (χ0v) is 7.45. The van der Waals surface area contributed by atoms with E-state index in [9.17, 15) is 9.59 Å². The van der Waals surface area contributed by atoms with E-state index in [0.717, 1.165) is 6.08 Å². The molecule has 0 spiro atoms. The molecule has 0 aromatic rings. The van der Waals surface area contributed by atoms with E-state index in [1.807, 2.05) is 0 Å². The van der Waals surface area contributed by atoms with Crippen molar-refractivity contribution in [3.63, 3.8) is 0 Å². The summed E-state index contributed by atoms with van der Waals surface area (Å²) in [5.41, 5.74) is 0. The van der Waals surface area contributed by atoms with E-state index in [1.165, 1.54) is 0 Å². The van der Waals surface area contributed by atoms with Crippen molar-refractivity contribution in [2.24, 2.45) is 5.92 Å². The van der Waals surface area contributed by atoms with Crippen LogP contribution in [0.4, 0.5) is 0 Å². The van der Waals surface area contributed by atoms with E-state index in [2.05, 4.69) is 0 Å². The van der Waals surface area contributed by atoms with Crippen molar-refractivity contribution in [3.8, 4) is 0 Å². The van der Waals surface area contributed by atoms with Crippen molar-refractivity contribution >= 4 is 11.8 Å². The van der Waals surface area contributed by atoms with E-state index < -0.39 is 11.9 Å². The first-order valence-electron chi connectivity index (χ1n) is 4.22. The van der Waals surface area contributed by atoms with Gasteiger partial charge in [-0.05, 0) is 6.92 Å². The van der Waals surface area contributed by atoms with E-state index in [4.69, 9.17) is 9.84 Å². The van der Waals surface area contributed by atoms with Gasteiger partial charge in [0, 0.05) is 18.9 Å². The van der Waals surface area contributed by atoms with Crippen molar-refractivity contribution in [1.29, 1.82) is 0 Å². The lowest BCUT2D eigenvalue weighted by Gasteiger charge is -2.16. The summed E-state index contributed by atoms with van der Waals surface area (Å²) in [4.78, 5) is 22.1. The predicted molar refractivity (Wildman–Crippen MR) is 45.1 cm³/mol. The van der Waals surface area contributed by atoms with Gasteiger partial charge < -0.3 is 9.84 Å². The Labute approximate surface area is 76.2 Å². The van der Waals surface area contributed by atoms with Crippen LogP contribution in [0.1, 0.15) is 19.8 Å². The fraction of sp³-hybridized carbons (Fsp3) is 0.556. The van der Waals surface area contributed by atoms with Gasteiger partial charge in [0.15, 0.2) is 5.78 Å². The molecule has 1 atom stereocenters. The monoisotopic (exact) mass is 184 g/mol. The Balaban J connectivity index is 2.59. The van der Waals surface area contributed by atoms with Gasteiger partial charge in [0.2, 0.25) is 0 Å². The molecule has 1 rings (SSSR count). The third-order valence-electron chi connectivity index (χ3n) is 1.85. The minimum Gasteiger partial charge on any atom is -0.512 e. The minimum atomic E-state index is -0.502. The van der Waals surface area contributed by atoms with Crippen LogP contribution in [-0.2, 0) is 14.3 Å². The molecule has 1 aliphatic rings. The highest BCUT2D eigenvalue weighted by Gasteiger charge is 2.27. The molecule has 1 N–H and O–H groups in total. The number of carbonyl (C=O) groups is 2. The van der Waals surface area contributed by atoms with Gasteiger partial charge in [-0.3, -0.25) is 9.59 Å². The molecule has 0 aromatic heterocycles. The first kappa shape index (κ1) is 9.77. The molecule has 0 radical (unpaired) electrons. The van der Waals surface area contributed by atoms with Crippen molar-refractivity contribution in [1.82, 2.24) is 0 Å². The van der Waals surface area contributed by atoms with Crippen LogP contribution in [0.5, 0.6) is 0 Å². The van der Waals surface area contributed by atoms with Gasteiger partial charge in [0.1, 0.15) is 0 Å². The van der Waals surface area contributed by atoms with Gasteiger partial charge in [0.05, 0.1) is 18.3 Å². The van der Waals surface area contributed by atoms with Crippen LogP contribution in [0.2, 0.25) is 0 Å².